The quantitative estimate of drug-likeness (QED) is 0.432. The molecule has 0 heterocycles. The van der Waals surface area contributed by atoms with Crippen LogP contribution in [0.5, 0.6) is 5.75 Å². The second kappa shape index (κ2) is 9.85. The Bertz CT molecular complexity index is 602. The van der Waals surface area contributed by atoms with E-state index in [-0.39, 0.29) is 5.57 Å². The molecule has 0 unspecified atom stereocenters. The summed E-state index contributed by atoms with van der Waals surface area (Å²) >= 11 is 0. The Labute approximate surface area is 137 Å². The van der Waals surface area contributed by atoms with Crippen molar-refractivity contribution in [3.05, 3.63) is 61.3 Å². The number of nitrogens with one attached hydrogen (secondary N) is 1. The fourth-order valence-corrected chi connectivity index (χ4v) is 1.83. The summed E-state index contributed by atoms with van der Waals surface area (Å²) in [6.45, 7) is 10.8. The number of hydrogen-bond acceptors (Lipinski definition) is 4. The first-order chi connectivity index (χ1) is 11.1. The molecule has 0 saturated heterocycles. The number of rotatable bonds is 9. The first kappa shape index (κ1) is 18.1. The van der Waals surface area contributed by atoms with Gasteiger partial charge in [0, 0.05) is 25.0 Å². The van der Waals surface area contributed by atoms with Crippen molar-refractivity contribution in [2.45, 2.75) is 6.92 Å². The Hall–Kier alpha value is -3.00. The summed E-state index contributed by atoms with van der Waals surface area (Å²) in [6.07, 6.45) is 4.89. The highest BCUT2D eigenvalue weighted by molar-refractivity contribution is 6.06. The zero-order chi connectivity index (χ0) is 17.1. The van der Waals surface area contributed by atoms with Crippen LogP contribution >= 0.6 is 0 Å². The molecular formula is C18H21N3O2. The van der Waals surface area contributed by atoms with Crippen LogP contribution in [0.1, 0.15) is 6.92 Å². The summed E-state index contributed by atoms with van der Waals surface area (Å²) in [5.74, 6) is 0.263. The van der Waals surface area contributed by atoms with E-state index in [1.54, 1.807) is 41.3 Å². The van der Waals surface area contributed by atoms with Crippen LogP contribution in [-0.2, 0) is 4.79 Å². The Balaban J connectivity index is 2.81. The second-order valence-electron chi connectivity index (χ2n) is 4.60. The van der Waals surface area contributed by atoms with Crippen LogP contribution in [0.3, 0.4) is 0 Å². The molecule has 0 bridgehead atoms. The molecule has 1 aromatic rings. The zero-order valence-electron chi connectivity index (χ0n) is 13.3. The lowest BCUT2D eigenvalue weighted by Crippen LogP contribution is -2.21. The van der Waals surface area contributed by atoms with Crippen LogP contribution in [0.15, 0.2) is 61.3 Å². The minimum absolute atomic E-state index is 0.0163. The van der Waals surface area contributed by atoms with Crippen LogP contribution in [0.2, 0.25) is 0 Å². The molecular weight excluding hydrogens is 290 g/mol. The van der Waals surface area contributed by atoms with Crippen molar-refractivity contribution in [2.24, 2.45) is 0 Å². The van der Waals surface area contributed by atoms with Gasteiger partial charge in [0.15, 0.2) is 0 Å². The summed E-state index contributed by atoms with van der Waals surface area (Å²) in [6, 6.07) is 8.89. The molecule has 0 fully saturated rings. The van der Waals surface area contributed by atoms with Gasteiger partial charge >= 0.3 is 0 Å². The van der Waals surface area contributed by atoms with Gasteiger partial charge in [-0.25, -0.2) is 0 Å². The van der Waals surface area contributed by atoms with Gasteiger partial charge in [0.1, 0.15) is 17.4 Å². The van der Waals surface area contributed by atoms with E-state index in [1.165, 1.54) is 6.20 Å². The van der Waals surface area contributed by atoms with Crippen molar-refractivity contribution in [1.82, 2.24) is 4.90 Å². The summed E-state index contributed by atoms with van der Waals surface area (Å²) in [4.78, 5) is 14.0. The predicted molar refractivity (Wildman–Crippen MR) is 91.9 cm³/mol. The standard InChI is InChI=1S/C18H21N3O2/c1-4-11-21(12-5-2)14-15(13-19)18(22)20-16-7-9-17(10-8-16)23-6-3/h4-5,7-10,14H,1-2,6,11-12H2,3H3,(H,20,22)/b15-14-. The molecule has 0 atom stereocenters. The molecule has 0 aliphatic rings. The monoisotopic (exact) mass is 311 g/mol. The van der Waals surface area contributed by atoms with E-state index in [4.69, 9.17) is 4.74 Å². The molecule has 0 aliphatic heterocycles. The third-order valence-corrected chi connectivity index (χ3v) is 2.83. The molecule has 1 amide bonds. The van der Waals surface area contributed by atoms with Gasteiger partial charge in [-0.05, 0) is 31.2 Å². The van der Waals surface area contributed by atoms with Gasteiger partial charge in [0.25, 0.3) is 5.91 Å². The highest BCUT2D eigenvalue weighted by Crippen LogP contribution is 2.16. The van der Waals surface area contributed by atoms with Gasteiger partial charge in [-0.1, -0.05) is 12.2 Å². The number of nitrogens with zero attached hydrogens (tertiary/aromatic N) is 2. The fraction of sp³-hybridized carbons (Fsp3) is 0.222. The van der Waals surface area contributed by atoms with Crippen molar-refractivity contribution in [3.8, 4) is 11.8 Å². The smallest absolute Gasteiger partial charge is 0.267 e. The summed E-state index contributed by atoms with van der Waals surface area (Å²) in [7, 11) is 0. The fourth-order valence-electron chi connectivity index (χ4n) is 1.83. The van der Waals surface area contributed by atoms with Gasteiger partial charge in [-0.15, -0.1) is 13.2 Å². The van der Waals surface area contributed by atoms with Crippen LogP contribution in [-0.4, -0.2) is 30.5 Å². The first-order valence-corrected chi connectivity index (χ1v) is 7.26. The predicted octanol–water partition coefficient (Wildman–Crippen LogP) is 3.11. The van der Waals surface area contributed by atoms with E-state index in [9.17, 15) is 10.1 Å². The summed E-state index contributed by atoms with van der Waals surface area (Å²) in [5, 5.41) is 11.9. The third-order valence-electron chi connectivity index (χ3n) is 2.83. The number of anilines is 1. The highest BCUT2D eigenvalue weighted by atomic mass is 16.5. The van der Waals surface area contributed by atoms with Crippen LogP contribution in [0.25, 0.3) is 0 Å². The molecule has 1 aromatic carbocycles. The minimum Gasteiger partial charge on any atom is -0.494 e. The van der Waals surface area contributed by atoms with Crippen LogP contribution in [0, 0.1) is 11.3 Å². The lowest BCUT2D eigenvalue weighted by Gasteiger charge is -2.16. The Morgan fingerprint density at radius 2 is 1.91 bits per heavy atom. The maximum absolute atomic E-state index is 12.2. The molecule has 5 heteroatoms. The molecule has 23 heavy (non-hydrogen) atoms. The van der Waals surface area contributed by atoms with Crippen molar-refractivity contribution < 1.29 is 9.53 Å². The molecule has 1 N–H and O–H groups in total. The van der Waals surface area contributed by atoms with E-state index in [2.05, 4.69) is 18.5 Å². The van der Waals surface area contributed by atoms with Crippen molar-refractivity contribution in [2.75, 3.05) is 25.0 Å². The maximum atomic E-state index is 12.2. The number of benzene rings is 1. The summed E-state index contributed by atoms with van der Waals surface area (Å²) in [5.41, 5.74) is 0.612. The topological polar surface area (TPSA) is 65.4 Å². The lowest BCUT2D eigenvalue weighted by molar-refractivity contribution is -0.112. The van der Waals surface area contributed by atoms with Gasteiger partial charge in [0.2, 0.25) is 0 Å². The molecule has 120 valence electrons. The van der Waals surface area contributed by atoms with E-state index < -0.39 is 5.91 Å². The highest BCUT2D eigenvalue weighted by Gasteiger charge is 2.11. The molecule has 1 rings (SSSR count). The molecule has 0 radical (unpaired) electrons. The molecule has 0 saturated carbocycles. The average Bonchev–Trinajstić information content (AvgIpc) is 2.55. The van der Waals surface area contributed by atoms with E-state index in [1.807, 2.05) is 13.0 Å². The van der Waals surface area contributed by atoms with Gasteiger partial charge in [0.05, 0.1) is 6.61 Å². The van der Waals surface area contributed by atoms with Gasteiger partial charge in [-0.3, -0.25) is 4.79 Å². The van der Waals surface area contributed by atoms with Gasteiger partial charge in [-0.2, -0.15) is 5.26 Å². The largest absolute Gasteiger partial charge is 0.494 e. The Morgan fingerprint density at radius 1 is 1.30 bits per heavy atom. The van der Waals surface area contributed by atoms with Gasteiger partial charge < -0.3 is 15.0 Å². The average molecular weight is 311 g/mol. The number of ether oxygens (including phenoxy) is 1. The van der Waals surface area contributed by atoms with Crippen LogP contribution < -0.4 is 10.1 Å². The third kappa shape index (κ3) is 6.10. The zero-order valence-corrected chi connectivity index (χ0v) is 13.3. The number of carbonyl (C=O) groups excluding carboxylic acids is 1. The number of nitriles is 1. The number of hydrogen-bond donors (Lipinski definition) is 1. The Morgan fingerprint density at radius 3 is 2.39 bits per heavy atom. The SMILES string of the molecule is C=CCN(/C=C(/C#N)C(=O)Nc1ccc(OCC)cc1)CC=C. The van der Waals surface area contributed by atoms with E-state index in [0.29, 0.717) is 25.4 Å². The van der Waals surface area contributed by atoms with Crippen molar-refractivity contribution in [1.29, 1.82) is 5.26 Å². The molecule has 0 aromatic heterocycles. The molecule has 5 nitrogen and oxygen atoms in total. The van der Waals surface area contributed by atoms with Crippen molar-refractivity contribution >= 4 is 11.6 Å². The summed E-state index contributed by atoms with van der Waals surface area (Å²) < 4.78 is 5.34. The molecule has 0 aliphatic carbocycles. The normalized spacial score (nSPS) is 10.3. The van der Waals surface area contributed by atoms with Crippen molar-refractivity contribution in [3.63, 3.8) is 0 Å². The Kier molecular flexibility index (Phi) is 7.73. The number of carbonyl (C=O) groups is 1. The first-order valence-electron chi connectivity index (χ1n) is 7.26. The second-order valence-corrected chi connectivity index (χ2v) is 4.60. The van der Waals surface area contributed by atoms with Crippen LogP contribution in [0.4, 0.5) is 5.69 Å². The maximum Gasteiger partial charge on any atom is 0.267 e. The minimum atomic E-state index is -0.463. The van der Waals surface area contributed by atoms with E-state index in [0.717, 1.165) is 5.75 Å². The molecule has 0 spiro atoms. The van der Waals surface area contributed by atoms with E-state index >= 15 is 0 Å². The lowest BCUT2D eigenvalue weighted by atomic mass is 10.2. The number of amides is 1.